The number of aliphatic hydroxyl groups excluding tert-OH is 1. The van der Waals surface area contributed by atoms with E-state index in [1.54, 1.807) is 20.8 Å². The van der Waals surface area contributed by atoms with E-state index in [-0.39, 0.29) is 12.4 Å². The maximum absolute atomic E-state index is 11.4. The van der Waals surface area contributed by atoms with Crippen molar-refractivity contribution >= 4 is 11.9 Å². The molecule has 0 aliphatic rings. The molecule has 0 spiro atoms. The maximum atomic E-state index is 11.4. The maximum Gasteiger partial charge on any atom is 0.413 e. The highest BCUT2D eigenvalue weighted by molar-refractivity contribution is 5.83. The van der Waals surface area contributed by atoms with Crippen molar-refractivity contribution in [2.45, 2.75) is 33.0 Å². The smallest absolute Gasteiger partial charge is 0.413 e. The highest BCUT2D eigenvalue weighted by Gasteiger charge is 2.16. The summed E-state index contributed by atoms with van der Waals surface area (Å²) in [5.41, 5.74) is -0.559. The van der Waals surface area contributed by atoms with Crippen molar-refractivity contribution in [3.8, 4) is 0 Å². The van der Waals surface area contributed by atoms with Crippen LogP contribution in [0.25, 0.3) is 0 Å². The van der Waals surface area contributed by atoms with Crippen molar-refractivity contribution < 1.29 is 14.6 Å². The Balaban J connectivity index is 2.62. The van der Waals surface area contributed by atoms with Crippen molar-refractivity contribution in [3.63, 3.8) is 0 Å². The van der Waals surface area contributed by atoms with Gasteiger partial charge in [0.1, 0.15) is 18.0 Å². The molecule has 1 aromatic rings. The Morgan fingerprint density at radius 1 is 1.56 bits per heavy atom. The Bertz CT molecular complexity index is 374. The van der Waals surface area contributed by atoms with Gasteiger partial charge in [0, 0.05) is 6.20 Å². The molecule has 0 aliphatic carbocycles. The molecule has 88 valence electrons. The molecule has 1 rings (SSSR count). The number of nitrogens with one attached hydrogen (secondary N) is 1. The van der Waals surface area contributed by atoms with E-state index < -0.39 is 11.7 Å². The van der Waals surface area contributed by atoms with Crippen LogP contribution in [0, 0.1) is 0 Å². The molecule has 16 heavy (non-hydrogen) atoms. The first-order valence-electron chi connectivity index (χ1n) is 4.83. The largest absolute Gasteiger partial charge is 0.444 e. The van der Waals surface area contributed by atoms with E-state index in [9.17, 15) is 4.79 Å². The topological polar surface area (TPSA) is 84.3 Å². The molecule has 2 N–H and O–H groups in total. The number of amides is 1. The van der Waals surface area contributed by atoms with Gasteiger partial charge in [-0.25, -0.2) is 14.8 Å². The van der Waals surface area contributed by atoms with Gasteiger partial charge >= 0.3 is 6.09 Å². The molecule has 1 heterocycles. The fourth-order valence-corrected chi connectivity index (χ4v) is 0.953. The van der Waals surface area contributed by atoms with E-state index in [2.05, 4.69) is 15.3 Å². The van der Waals surface area contributed by atoms with Crippen molar-refractivity contribution in [1.29, 1.82) is 0 Å². The number of anilines is 1. The second-order valence-corrected chi connectivity index (χ2v) is 4.14. The second kappa shape index (κ2) is 4.89. The number of carbonyl (C=O) groups is 1. The first-order chi connectivity index (χ1) is 7.40. The summed E-state index contributed by atoms with van der Waals surface area (Å²) < 4.78 is 5.04. The summed E-state index contributed by atoms with van der Waals surface area (Å²) in [7, 11) is 0. The third-order valence-corrected chi connectivity index (χ3v) is 1.48. The minimum atomic E-state index is -0.588. The zero-order chi connectivity index (χ0) is 12.2. The first kappa shape index (κ1) is 12.4. The van der Waals surface area contributed by atoms with Gasteiger partial charge in [-0.2, -0.15) is 0 Å². The summed E-state index contributed by atoms with van der Waals surface area (Å²) in [4.78, 5) is 19.0. The quantitative estimate of drug-likeness (QED) is 0.792. The predicted molar refractivity (Wildman–Crippen MR) is 57.8 cm³/mol. The minimum absolute atomic E-state index is 0.244. The molecular weight excluding hydrogens is 210 g/mol. The van der Waals surface area contributed by atoms with Gasteiger partial charge < -0.3 is 9.84 Å². The summed E-state index contributed by atoms with van der Waals surface area (Å²) >= 11 is 0. The average Bonchev–Trinajstić information content (AvgIpc) is 2.15. The number of hydrogen-bond donors (Lipinski definition) is 2. The van der Waals surface area contributed by atoms with Gasteiger partial charge in [0.25, 0.3) is 0 Å². The van der Waals surface area contributed by atoms with Crippen LogP contribution in [0.3, 0.4) is 0 Å². The lowest BCUT2D eigenvalue weighted by Crippen LogP contribution is -2.27. The van der Waals surface area contributed by atoms with Gasteiger partial charge in [0.2, 0.25) is 0 Å². The van der Waals surface area contributed by atoms with Crippen LogP contribution in [0.2, 0.25) is 0 Å². The van der Waals surface area contributed by atoms with Gasteiger partial charge in [-0.15, -0.1) is 0 Å². The standard InChI is InChI=1S/C10H15N3O3/c1-10(2,3)16-9(15)13-7-4-5-11-8(6-14)12-7/h4-5,14H,6H2,1-3H3,(H,11,12,13,15). The second-order valence-electron chi connectivity index (χ2n) is 4.14. The van der Waals surface area contributed by atoms with E-state index in [1.807, 2.05) is 0 Å². The number of rotatable bonds is 2. The van der Waals surface area contributed by atoms with Crippen LogP contribution >= 0.6 is 0 Å². The molecule has 6 heteroatoms. The lowest BCUT2D eigenvalue weighted by atomic mass is 10.2. The van der Waals surface area contributed by atoms with Gasteiger partial charge in [-0.3, -0.25) is 5.32 Å². The SMILES string of the molecule is CC(C)(C)OC(=O)Nc1ccnc(CO)n1. The van der Waals surface area contributed by atoms with E-state index in [0.29, 0.717) is 5.82 Å². The molecule has 0 saturated heterocycles. The zero-order valence-corrected chi connectivity index (χ0v) is 9.52. The summed E-state index contributed by atoms with van der Waals surface area (Å²) in [5.74, 6) is 0.543. The lowest BCUT2D eigenvalue weighted by Gasteiger charge is -2.19. The van der Waals surface area contributed by atoms with Crippen LogP contribution in [0.1, 0.15) is 26.6 Å². The third-order valence-electron chi connectivity index (χ3n) is 1.48. The summed E-state index contributed by atoms with van der Waals surface area (Å²) in [6, 6.07) is 1.52. The normalized spacial score (nSPS) is 11.0. The molecule has 1 aromatic heterocycles. The van der Waals surface area contributed by atoms with Crippen molar-refractivity contribution in [2.75, 3.05) is 5.32 Å². The van der Waals surface area contributed by atoms with E-state index in [4.69, 9.17) is 9.84 Å². The lowest BCUT2D eigenvalue weighted by molar-refractivity contribution is 0.0635. The fourth-order valence-electron chi connectivity index (χ4n) is 0.953. The highest BCUT2D eigenvalue weighted by atomic mass is 16.6. The average molecular weight is 225 g/mol. The molecular formula is C10H15N3O3. The molecule has 1 amide bonds. The van der Waals surface area contributed by atoms with Crippen LogP contribution in [-0.2, 0) is 11.3 Å². The molecule has 0 unspecified atom stereocenters. The van der Waals surface area contributed by atoms with Crippen LogP contribution in [0.5, 0.6) is 0 Å². The number of ether oxygens (including phenoxy) is 1. The number of aliphatic hydroxyl groups is 1. The highest BCUT2D eigenvalue weighted by Crippen LogP contribution is 2.09. The number of hydrogen-bond acceptors (Lipinski definition) is 5. The molecule has 6 nitrogen and oxygen atoms in total. The van der Waals surface area contributed by atoms with Gasteiger partial charge in [0.15, 0.2) is 5.82 Å². The number of carbonyl (C=O) groups excluding carboxylic acids is 1. The van der Waals surface area contributed by atoms with Crippen molar-refractivity contribution in [1.82, 2.24) is 9.97 Å². The molecule has 0 radical (unpaired) electrons. The van der Waals surface area contributed by atoms with Gasteiger partial charge in [-0.1, -0.05) is 0 Å². The monoisotopic (exact) mass is 225 g/mol. The van der Waals surface area contributed by atoms with E-state index in [0.717, 1.165) is 0 Å². The molecule has 0 fully saturated rings. The predicted octanol–water partition coefficient (Wildman–Crippen LogP) is 1.32. The Hall–Kier alpha value is -1.69. The molecule has 0 saturated carbocycles. The van der Waals surface area contributed by atoms with Crippen molar-refractivity contribution in [2.24, 2.45) is 0 Å². The molecule has 0 aromatic carbocycles. The Morgan fingerprint density at radius 3 is 2.81 bits per heavy atom. The zero-order valence-electron chi connectivity index (χ0n) is 9.52. The molecule has 0 atom stereocenters. The summed E-state index contributed by atoms with van der Waals surface area (Å²) in [5, 5.41) is 11.3. The van der Waals surface area contributed by atoms with Crippen LogP contribution < -0.4 is 5.32 Å². The van der Waals surface area contributed by atoms with Crippen LogP contribution in [0.4, 0.5) is 10.6 Å². The minimum Gasteiger partial charge on any atom is -0.444 e. The third kappa shape index (κ3) is 4.22. The summed E-state index contributed by atoms with van der Waals surface area (Å²) in [6.07, 6.45) is 0.862. The molecule has 0 bridgehead atoms. The number of nitrogens with zero attached hydrogens (tertiary/aromatic N) is 2. The van der Waals surface area contributed by atoms with E-state index in [1.165, 1.54) is 12.3 Å². The van der Waals surface area contributed by atoms with Crippen LogP contribution in [-0.4, -0.2) is 26.8 Å². The first-order valence-corrected chi connectivity index (χ1v) is 4.83. The number of aromatic nitrogens is 2. The Labute approximate surface area is 93.7 Å². The molecule has 0 aliphatic heterocycles. The summed E-state index contributed by atoms with van der Waals surface area (Å²) in [6.45, 7) is 5.03. The van der Waals surface area contributed by atoms with Crippen molar-refractivity contribution in [3.05, 3.63) is 18.1 Å². The van der Waals surface area contributed by atoms with Gasteiger partial charge in [-0.05, 0) is 26.8 Å². The van der Waals surface area contributed by atoms with Gasteiger partial charge in [0.05, 0.1) is 0 Å². The Morgan fingerprint density at radius 2 is 2.25 bits per heavy atom. The Kier molecular flexibility index (Phi) is 3.78. The fraction of sp³-hybridized carbons (Fsp3) is 0.500. The van der Waals surface area contributed by atoms with E-state index >= 15 is 0 Å². The van der Waals surface area contributed by atoms with Crippen LogP contribution in [0.15, 0.2) is 12.3 Å².